The lowest BCUT2D eigenvalue weighted by Crippen LogP contribution is -2.90. The number of hydrogen-bond acceptors (Lipinski definition) is 3. The van der Waals surface area contributed by atoms with Crippen LogP contribution >= 0.6 is 0 Å². The number of hydrogen-bond donors (Lipinski definition) is 1. The number of rotatable bonds is 4. The number of aliphatic imine (C=N–C) groups is 2. The van der Waals surface area contributed by atoms with Crippen LogP contribution in [-0.4, -0.2) is 21.2 Å². The summed E-state index contributed by atoms with van der Waals surface area (Å²) >= 11 is 0. The highest BCUT2D eigenvalue weighted by Crippen LogP contribution is 2.50. The average Bonchev–Trinajstić information content (AvgIpc) is 3.67. The van der Waals surface area contributed by atoms with Crippen LogP contribution in [0.4, 0.5) is 0 Å². The molecule has 256 valence electrons. The zero-order valence-corrected chi connectivity index (χ0v) is 30.0. The Morgan fingerprint density at radius 1 is 0.574 bits per heavy atom. The fourth-order valence-electron chi connectivity index (χ4n) is 8.79. The van der Waals surface area contributed by atoms with Crippen LogP contribution in [0.3, 0.4) is 0 Å². The molecule has 54 heavy (non-hydrogen) atoms. The maximum absolute atomic E-state index is 5.24. The summed E-state index contributed by atoms with van der Waals surface area (Å²) in [5, 5.41) is 9.46. The SMILES string of the molecule is CC1(C)c2ccccc2-c2cc3c4ccccc4n(-c4ccc(C5=NC(c6ccc7ccccc7c6)[NH2+]C(c6ccc7ccccc7c6)=N5)nc4)c3cc21. The molecule has 3 heterocycles. The third-order valence-electron chi connectivity index (χ3n) is 11.6. The maximum atomic E-state index is 5.24. The molecule has 2 aliphatic rings. The molecule has 1 atom stereocenters. The van der Waals surface area contributed by atoms with Crippen LogP contribution in [0, 0.1) is 0 Å². The summed E-state index contributed by atoms with van der Waals surface area (Å²) in [5.74, 6) is 1.53. The van der Waals surface area contributed by atoms with E-state index >= 15 is 0 Å². The summed E-state index contributed by atoms with van der Waals surface area (Å²) in [4.78, 5) is 15.5. The van der Waals surface area contributed by atoms with Crippen LogP contribution in [0.15, 0.2) is 174 Å². The maximum Gasteiger partial charge on any atom is 0.235 e. The third-order valence-corrected chi connectivity index (χ3v) is 11.6. The van der Waals surface area contributed by atoms with Crippen molar-refractivity contribution >= 4 is 55.0 Å². The summed E-state index contributed by atoms with van der Waals surface area (Å²) in [6, 6.07) is 56.7. The molecule has 2 N–H and O–H groups in total. The third kappa shape index (κ3) is 4.72. The molecule has 1 aliphatic heterocycles. The molecular formula is C49H36N5+. The van der Waals surface area contributed by atoms with E-state index < -0.39 is 0 Å². The van der Waals surface area contributed by atoms with Gasteiger partial charge in [0.15, 0.2) is 5.84 Å². The molecule has 1 aliphatic carbocycles. The molecule has 0 fully saturated rings. The Bertz CT molecular complexity index is 3060. The van der Waals surface area contributed by atoms with E-state index in [1.165, 1.54) is 60.1 Å². The van der Waals surface area contributed by atoms with E-state index in [0.717, 1.165) is 33.9 Å². The Morgan fingerprint density at radius 2 is 1.30 bits per heavy atom. The number of fused-ring (bicyclic) bond motifs is 8. The molecule has 1 unspecified atom stereocenters. The molecular weight excluding hydrogens is 659 g/mol. The first kappa shape index (κ1) is 30.9. The molecule has 0 spiro atoms. The summed E-state index contributed by atoms with van der Waals surface area (Å²) in [6.45, 7) is 4.68. The summed E-state index contributed by atoms with van der Waals surface area (Å²) in [5.41, 5.74) is 11.6. The molecule has 2 aromatic heterocycles. The zero-order chi connectivity index (χ0) is 36.0. The highest BCUT2D eigenvalue weighted by molar-refractivity contribution is 6.12. The molecule has 0 saturated carbocycles. The van der Waals surface area contributed by atoms with E-state index in [0.29, 0.717) is 5.84 Å². The molecule has 7 aromatic carbocycles. The van der Waals surface area contributed by atoms with Crippen LogP contribution < -0.4 is 5.32 Å². The lowest BCUT2D eigenvalue weighted by atomic mass is 9.82. The Balaban J connectivity index is 1.04. The molecule has 0 radical (unpaired) electrons. The molecule has 5 heteroatoms. The van der Waals surface area contributed by atoms with E-state index in [1.807, 2.05) is 6.20 Å². The second-order valence-electron chi connectivity index (χ2n) is 15.1. The van der Waals surface area contributed by atoms with Crippen molar-refractivity contribution < 1.29 is 5.32 Å². The van der Waals surface area contributed by atoms with Gasteiger partial charge in [0, 0.05) is 21.8 Å². The first-order chi connectivity index (χ1) is 26.5. The number of para-hydroxylation sites is 1. The topological polar surface area (TPSA) is 59.1 Å². The Hall–Kier alpha value is -6.69. The Kier molecular flexibility index (Phi) is 6.67. The van der Waals surface area contributed by atoms with E-state index in [1.54, 1.807) is 0 Å². The van der Waals surface area contributed by atoms with Gasteiger partial charge in [0.05, 0.1) is 28.5 Å². The van der Waals surface area contributed by atoms with Gasteiger partial charge in [0.25, 0.3) is 0 Å². The predicted octanol–water partition coefficient (Wildman–Crippen LogP) is 10.3. The van der Waals surface area contributed by atoms with Gasteiger partial charge >= 0.3 is 0 Å². The van der Waals surface area contributed by atoms with E-state index in [2.05, 4.69) is 181 Å². The van der Waals surface area contributed by atoms with E-state index in [4.69, 9.17) is 15.0 Å². The van der Waals surface area contributed by atoms with Gasteiger partial charge in [-0.25, -0.2) is 4.99 Å². The number of nitrogens with zero attached hydrogens (tertiary/aromatic N) is 4. The fourth-order valence-corrected chi connectivity index (χ4v) is 8.79. The van der Waals surface area contributed by atoms with E-state index in [-0.39, 0.29) is 11.6 Å². The van der Waals surface area contributed by atoms with Crippen LogP contribution in [-0.2, 0) is 5.41 Å². The van der Waals surface area contributed by atoms with Crippen molar-refractivity contribution in [2.24, 2.45) is 9.98 Å². The fraction of sp³-hybridized carbons (Fsp3) is 0.0816. The van der Waals surface area contributed by atoms with Crippen LogP contribution in [0.5, 0.6) is 0 Å². The quantitative estimate of drug-likeness (QED) is 0.196. The van der Waals surface area contributed by atoms with Crippen molar-refractivity contribution in [1.29, 1.82) is 0 Å². The number of quaternary nitrogens is 1. The molecule has 5 nitrogen and oxygen atoms in total. The van der Waals surface area contributed by atoms with Crippen LogP contribution in [0.25, 0.3) is 60.2 Å². The molecule has 0 amide bonds. The van der Waals surface area contributed by atoms with Crippen molar-refractivity contribution in [2.75, 3.05) is 0 Å². The van der Waals surface area contributed by atoms with Gasteiger partial charge in [-0.05, 0) is 92.3 Å². The molecule has 11 rings (SSSR count). The largest absolute Gasteiger partial charge is 0.308 e. The summed E-state index contributed by atoms with van der Waals surface area (Å²) < 4.78 is 2.36. The van der Waals surface area contributed by atoms with Gasteiger partial charge in [0.2, 0.25) is 12.0 Å². The van der Waals surface area contributed by atoms with Crippen LogP contribution in [0.2, 0.25) is 0 Å². The normalized spacial score (nSPS) is 16.1. The number of amidine groups is 2. The average molecular weight is 695 g/mol. The minimum absolute atomic E-state index is 0.0953. The zero-order valence-electron chi connectivity index (χ0n) is 30.0. The van der Waals surface area contributed by atoms with Gasteiger partial charge in [-0.2, -0.15) is 4.99 Å². The molecule has 0 saturated heterocycles. The van der Waals surface area contributed by atoms with Crippen molar-refractivity contribution in [3.05, 3.63) is 192 Å². The summed E-state index contributed by atoms with van der Waals surface area (Å²) in [6.07, 6.45) is 1.77. The van der Waals surface area contributed by atoms with E-state index in [9.17, 15) is 0 Å². The van der Waals surface area contributed by atoms with Gasteiger partial charge in [-0.15, -0.1) is 0 Å². The highest BCUT2D eigenvalue weighted by atomic mass is 15.2. The highest BCUT2D eigenvalue weighted by Gasteiger charge is 2.36. The van der Waals surface area contributed by atoms with Gasteiger partial charge in [-0.1, -0.05) is 123 Å². The number of pyridine rings is 1. The Labute approximate surface area is 313 Å². The molecule has 9 aromatic rings. The van der Waals surface area contributed by atoms with Gasteiger partial charge < -0.3 is 4.57 Å². The first-order valence-corrected chi connectivity index (χ1v) is 18.6. The molecule has 0 bridgehead atoms. The predicted molar refractivity (Wildman–Crippen MR) is 222 cm³/mol. The monoisotopic (exact) mass is 694 g/mol. The first-order valence-electron chi connectivity index (χ1n) is 18.6. The lowest BCUT2D eigenvalue weighted by Gasteiger charge is -2.21. The smallest absolute Gasteiger partial charge is 0.235 e. The number of aromatic nitrogens is 2. The lowest BCUT2D eigenvalue weighted by molar-refractivity contribution is -0.586. The van der Waals surface area contributed by atoms with Gasteiger partial charge in [0.1, 0.15) is 5.69 Å². The minimum Gasteiger partial charge on any atom is -0.308 e. The second-order valence-corrected chi connectivity index (χ2v) is 15.1. The van der Waals surface area contributed by atoms with Crippen molar-refractivity contribution in [3.8, 4) is 16.8 Å². The second kappa shape index (κ2) is 11.7. The number of benzene rings is 7. The van der Waals surface area contributed by atoms with Crippen molar-refractivity contribution in [3.63, 3.8) is 0 Å². The minimum atomic E-state index is -0.211. The Morgan fingerprint density at radius 3 is 2.11 bits per heavy atom. The van der Waals surface area contributed by atoms with Crippen molar-refractivity contribution in [1.82, 2.24) is 9.55 Å². The standard InChI is InChI=1S/C49H35N5/c1-49(2)41-17-9-7-15-37(41)39-27-40-38-16-8-10-18-44(38)54(45(40)28-42(39)49)36-23-24-43(50-29-36)48-52-46(34-21-19-30-11-3-5-13-32(30)25-34)51-47(53-48)35-22-20-31-12-4-6-14-33(31)26-35/h3-29,46H,1-2H3,(H,51,52,53)/p+1. The van der Waals surface area contributed by atoms with Crippen LogP contribution in [0.1, 0.15) is 48.0 Å². The summed E-state index contributed by atoms with van der Waals surface area (Å²) in [7, 11) is 0. The number of nitrogens with two attached hydrogens (primary N) is 1. The van der Waals surface area contributed by atoms with Crippen molar-refractivity contribution in [2.45, 2.75) is 25.4 Å². The van der Waals surface area contributed by atoms with Gasteiger partial charge in [-0.3, -0.25) is 10.3 Å².